The molecule has 4 aromatic carbocycles. The molecule has 0 bridgehead atoms. The van der Waals surface area contributed by atoms with Gasteiger partial charge in [0.1, 0.15) is 23.0 Å². The van der Waals surface area contributed by atoms with Gasteiger partial charge in [0.25, 0.3) is 0 Å². The molecular formula is C29H18O3S2. The van der Waals surface area contributed by atoms with Crippen molar-refractivity contribution >= 4 is 44.2 Å². The van der Waals surface area contributed by atoms with Crippen molar-refractivity contribution in [2.24, 2.45) is 0 Å². The minimum absolute atomic E-state index is 0.103. The number of phenolic OH excluding ortho intramolecular Hbond substituents is 2. The Kier molecular flexibility index (Phi) is 4.25. The summed E-state index contributed by atoms with van der Waals surface area (Å²) in [6, 6.07) is 27.7. The molecule has 0 unspecified atom stereocenters. The average molecular weight is 479 g/mol. The molecule has 0 fully saturated rings. The van der Waals surface area contributed by atoms with Gasteiger partial charge in [-0.05, 0) is 81.5 Å². The predicted molar refractivity (Wildman–Crippen MR) is 140 cm³/mol. The van der Waals surface area contributed by atoms with E-state index in [4.69, 9.17) is 4.74 Å². The first-order valence-electron chi connectivity index (χ1n) is 11.0. The Morgan fingerprint density at radius 2 is 1.26 bits per heavy atom. The molecule has 0 radical (unpaired) electrons. The van der Waals surface area contributed by atoms with Crippen LogP contribution < -0.4 is 4.74 Å². The lowest BCUT2D eigenvalue weighted by atomic mass is 9.81. The van der Waals surface area contributed by atoms with Gasteiger partial charge in [-0.2, -0.15) is 0 Å². The van der Waals surface area contributed by atoms with Crippen molar-refractivity contribution in [1.29, 1.82) is 0 Å². The Morgan fingerprint density at radius 1 is 0.647 bits per heavy atom. The van der Waals surface area contributed by atoms with E-state index in [2.05, 4.69) is 29.6 Å². The van der Waals surface area contributed by atoms with Crippen LogP contribution in [0.4, 0.5) is 0 Å². The molecule has 34 heavy (non-hydrogen) atoms. The van der Waals surface area contributed by atoms with Gasteiger partial charge in [-0.15, -0.1) is 22.7 Å². The fraction of sp³-hybridized carbons (Fsp3) is 0.0345. The van der Waals surface area contributed by atoms with E-state index in [1.54, 1.807) is 34.8 Å². The second kappa shape index (κ2) is 7.35. The van der Waals surface area contributed by atoms with E-state index < -0.39 is 0 Å². The Bertz CT molecular complexity index is 1620. The lowest BCUT2D eigenvalue weighted by molar-refractivity contribution is 0.456. The van der Waals surface area contributed by atoms with E-state index in [-0.39, 0.29) is 17.4 Å². The molecule has 3 heterocycles. The molecule has 0 saturated heterocycles. The highest BCUT2D eigenvalue weighted by Gasteiger charge is 2.33. The van der Waals surface area contributed by atoms with Crippen LogP contribution in [0.3, 0.4) is 0 Å². The van der Waals surface area contributed by atoms with Gasteiger partial charge in [0, 0.05) is 25.8 Å². The minimum atomic E-state index is -0.103. The minimum Gasteiger partial charge on any atom is -0.508 e. The van der Waals surface area contributed by atoms with Gasteiger partial charge in [0.2, 0.25) is 0 Å². The SMILES string of the molecule is Oc1ccc2ccc3c(c2c1)C(c1ccc(-c2cccs2)s1)c1c(ccc2ccc(O)cc12)O3. The average Bonchev–Trinajstić information content (AvgIpc) is 3.54. The largest absolute Gasteiger partial charge is 0.508 e. The zero-order valence-electron chi connectivity index (χ0n) is 17.9. The number of aromatic hydroxyl groups is 2. The number of hydrogen-bond donors (Lipinski definition) is 2. The molecule has 5 heteroatoms. The molecule has 7 rings (SSSR count). The number of thiophene rings is 2. The molecule has 0 saturated carbocycles. The maximum absolute atomic E-state index is 10.4. The molecule has 164 valence electrons. The smallest absolute Gasteiger partial charge is 0.132 e. The number of benzene rings is 4. The maximum atomic E-state index is 10.4. The highest BCUT2D eigenvalue weighted by atomic mass is 32.1. The quantitative estimate of drug-likeness (QED) is 0.262. The Balaban J connectivity index is 1.57. The van der Waals surface area contributed by atoms with Crippen LogP contribution in [-0.4, -0.2) is 10.2 Å². The summed E-state index contributed by atoms with van der Waals surface area (Å²) in [6.07, 6.45) is 0. The molecule has 3 nitrogen and oxygen atoms in total. The number of rotatable bonds is 2. The van der Waals surface area contributed by atoms with Crippen molar-refractivity contribution in [2.45, 2.75) is 5.92 Å². The molecule has 1 aliphatic heterocycles. The standard InChI is InChI=1S/C29H18O3S2/c30-18-7-3-16-5-9-22-27(20(16)14-18)29(26-12-11-25(34-26)24-2-1-13-33-24)28-21-15-19(31)8-4-17(21)6-10-23(28)32-22/h1-15,29-31H. The van der Waals surface area contributed by atoms with Crippen LogP contribution in [0, 0.1) is 0 Å². The van der Waals surface area contributed by atoms with Gasteiger partial charge in [0.05, 0.1) is 5.92 Å². The van der Waals surface area contributed by atoms with Crippen LogP contribution in [0.15, 0.2) is 90.3 Å². The van der Waals surface area contributed by atoms with E-state index in [0.717, 1.165) is 44.2 Å². The topological polar surface area (TPSA) is 49.7 Å². The summed E-state index contributed by atoms with van der Waals surface area (Å²) in [4.78, 5) is 3.67. The highest BCUT2D eigenvalue weighted by Crippen LogP contribution is 2.54. The van der Waals surface area contributed by atoms with Crippen molar-refractivity contribution in [3.05, 3.63) is 106 Å². The van der Waals surface area contributed by atoms with Gasteiger partial charge in [-0.3, -0.25) is 0 Å². The number of ether oxygens (including phenoxy) is 1. The second-order valence-electron chi connectivity index (χ2n) is 8.48. The monoisotopic (exact) mass is 478 g/mol. The first-order chi connectivity index (χ1) is 16.7. The fourth-order valence-corrected chi connectivity index (χ4v) is 6.96. The third-order valence-corrected chi connectivity index (χ3v) is 8.70. The van der Waals surface area contributed by atoms with Crippen molar-refractivity contribution in [2.75, 3.05) is 0 Å². The first kappa shape index (κ1) is 19.6. The summed E-state index contributed by atoms with van der Waals surface area (Å²) in [5, 5.41) is 26.8. The molecule has 2 N–H and O–H groups in total. The molecule has 6 aromatic rings. The molecule has 0 atom stereocenters. The van der Waals surface area contributed by atoms with E-state index >= 15 is 0 Å². The van der Waals surface area contributed by atoms with Gasteiger partial charge in [-0.1, -0.05) is 30.3 Å². The zero-order valence-corrected chi connectivity index (χ0v) is 19.5. The van der Waals surface area contributed by atoms with Gasteiger partial charge < -0.3 is 14.9 Å². The van der Waals surface area contributed by atoms with Gasteiger partial charge >= 0.3 is 0 Å². The van der Waals surface area contributed by atoms with Crippen LogP contribution in [0.25, 0.3) is 31.3 Å². The van der Waals surface area contributed by atoms with Crippen molar-refractivity contribution in [3.8, 4) is 32.8 Å². The summed E-state index contributed by atoms with van der Waals surface area (Å²) < 4.78 is 6.45. The van der Waals surface area contributed by atoms with Gasteiger partial charge in [-0.25, -0.2) is 0 Å². The van der Waals surface area contributed by atoms with E-state index in [1.807, 2.05) is 48.5 Å². The molecule has 0 aliphatic carbocycles. The van der Waals surface area contributed by atoms with Gasteiger partial charge in [0.15, 0.2) is 0 Å². The van der Waals surface area contributed by atoms with Crippen LogP contribution in [0.5, 0.6) is 23.0 Å². The van der Waals surface area contributed by atoms with Crippen LogP contribution in [0.1, 0.15) is 21.9 Å². The van der Waals surface area contributed by atoms with E-state index in [0.29, 0.717) is 0 Å². The summed E-state index contributed by atoms with van der Waals surface area (Å²) >= 11 is 3.52. The summed E-state index contributed by atoms with van der Waals surface area (Å²) in [5.74, 6) is 1.94. The molecule has 1 aliphatic rings. The summed E-state index contributed by atoms with van der Waals surface area (Å²) in [6.45, 7) is 0. The lowest BCUT2D eigenvalue weighted by Gasteiger charge is -2.30. The predicted octanol–water partition coefficient (Wildman–Crippen LogP) is 8.48. The second-order valence-corrected chi connectivity index (χ2v) is 10.5. The van der Waals surface area contributed by atoms with Crippen molar-refractivity contribution in [1.82, 2.24) is 0 Å². The van der Waals surface area contributed by atoms with Crippen molar-refractivity contribution in [3.63, 3.8) is 0 Å². The van der Waals surface area contributed by atoms with E-state index in [1.165, 1.54) is 14.6 Å². The van der Waals surface area contributed by atoms with Crippen LogP contribution in [0.2, 0.25) is 0 Å². The zero-order chi connectivity index (χ0) is 22.8. The fourth-order valence-electron chi connectivity index (χ4n) is 5.00. The number of hydrogen-bond acceptors (Lipinski definition) is 5. The highest BCUT2D eigenvalue weighted by molar-refractivity contribution is 7.21. The van der Waals surface area contributed by atoms with Crippen LogP contribution >= 0.6 is 22.7 Å². The van der Waals surface area contributed by atoms with Crippen LogP contribution in [-0.2, 0) is 0 Å². The Hall–Kier alpha value is -3.80. The normalized spacial score (nSPS) is 13.1. The third-order valence-electron chi connectivity index (χ3n) is 6.49. The Morgan fingerprint density at radius 3 is 1.85 bits per heavy atom. The molecule has 0 amide bonds. The molecular weight excluding hydrogens is 460 g/mol. The molecule has 2 aromatic heterocycles. The maximum Gasteiger partial charge on any atom is 0.132 e. The van der Waals surface area contributed by atoms with Crippen molar-refractivity contribution < 1.29 is 14.9 Å². The Labute approximate surface area is 203 Å². The molecule has 0 spiro atoms. The summed E-state index contributed by atoms with van der Waals surface area (Å²) in [7, 11) is 0. The number of phenols is 2. The third kappa shape index (κ3) is 2.94. The number of fused-ring (bicyclic) bond motifs is 6. The van der Waals surface area contributed by atoms with E-state index in [9.17, 15) is 10.2 Å². The summed E-state index contributed by atoms with van der Waals surface area (Å²) in [5.41, 5.74) is 2.08. The first-order valence-corrected chi connectivity index (χ1v) is 12.7. The lowest BCUT2D eigenvalue weighted by Crippen LogP contribution is -2.12.